The molecule has 1 fully saturated rings. The first-order valence-corrected chi connectivity index (χ1v) is 9.55. The minimum atomic E-state index is -4.77. The van der Waals surface area contributed by atoms with Crippen molar-refractivity contribution in [2.75, 3.05) is 26.2 Å². The number of alkyl halides is 3. The highest BCUT2D eigenvalue weighted by molar-refractivity contribution is 7.86. The van der Waals surface area contributed by atoms with E-state index in [1.54, 1.807) is 6.92 Å². The number of rotatable bonds is 5. The molecule has 1 heterocycles. The molecule has 1 aliphatic rings. The summed E-state index contributed by atoms with van der Waals surface area (Å²) in [4.78, 5) is 0. The maximum Gasteiger partial charge on any atom is 0.409 e. The number of morpholine rings is 1. The fourth-order valence-corrected chi connectivity index (χ4v) is 4.75. The quantitative estimate of drug-likeness (QED) is 0.762. The lowest BCUT2D eigenvalue weighted by molar-refractivity contribution is -0.174. The molecule has 1 aromatic carbocycles. The summed E-state index contributed by atoms with van der Waals surface area (Å²) in [5.74, 6) is 0. The van der Waals surface area contributed by atoms with Crippen molar-refractivity contribution in [3.63, 3.8) is 0 Å². The molecule has 2 atom stereocenters. The van der Waals surface area contributed by atoms with Gasteiger partial charge in [0.2, 0.25) is 0 Å². The summed E-state index contributed by atoms with van der Waals surface area (Å²) in [6.07, 6.45) is -5.14. The summed E-state index contributed by atoms with van der Waals surface area (Å²) < 4.78 is 73.7. The minimum absolute atomic E-state index is 0.0179. The van der Waals surface area contributed by atoms with Crippen LogP contribution in [0.4, 0.5) is 13.2 Å². The van der Waals surface area contributed by atoms with Gasteiger partial charge in [0.15, 0.2) is 0 Å². The second-order valence-corrected chi connectivity index (χ2v) is 8.06. The highest BCUT2D eigenvalue weighted by Gasteiger charge is 2.50. The Balaban J connectivity index is 2.44. The third-order valence-electron chi connectivity index (χ3n) is 3.92. The van der Waals surface area contributed by atoms with E-state index in [1.807, 2.05) is 0 Å². The van der Waals surface area contributed by atoms with Crippen LogP contribution in [-0.4, -0.2) is 55.5 Å². The largest absolute Gasteiger partial charge is 0.409 e. The topological polar surface area (TPSA) is 49.9 Å². The summed E-state index contributed by atoms with van der Waals surface area (Å²) in [6, 6.07) is 2.74. The molecule has 5 nitrogen and oxygen atoms in total. The van der Waals surface area contributed by atoms with Gasteiger partial charge in [-0.1, -0.05) is 30.7 Å². The van der Waals surface area contributed by atoms with Gasteiger partial charge in [-0.25, -0.2) is 0 Å². The van der Waals surface area contributed by atoms with Crippen LogP contribution in [0, 0.1) is 0 Å². The van der Waals surface area contributed by atoms with Crippen molar-refractivity contribution in [3.05, 3.63) is 34.9 Å². The number of ether oxygens (including phenoxy) is 1. The van der Waals surface area contributed by atoms with Gasteiger partial charge in [0.05, 0.1) is 12.7 Å². The maximum absolute atomic E-state index is 13.7. The molecular weight excluding hydrogens is 381 g/mol. The third-order valence-corrected chi connectivity index (χ3v) is 6.22. The molecule has 0 radical (unpaired) electrons. The van der Waals surface area contributed by atoms with Crippen LogP contribution in [0.15, 0.2) is 24.3 Å². The van der Waals surface area contributed by atoms with Crippen LogP contribution in [0.1, 0.15) is 25.5 Å². The monoisotopic (exact) mass is 400 g/mol. The molecule has 0 aliphatic carbocycles. The first-order chi connectivity index (χ1) is 11.6. The average molecular weight is 401 g/mol. The molecule has 0 unspecified atom stereocenters. The van der Waals surface area contributed by atoms with Crippen LogP contribution < -0.4 is 0 Å². The normalized spacial score (nSPS) is 21.5. The number of hydrogen-bond acceptors (Lipinski definition) is 3. The van der Waals surface area contributed by atoms with E-state index >= 15 is 0 Å². The maximum atomic E-state index is 13.7. The van der Waals surface area contributed by atoms with Crippen molar-refractivity contribution in [3.8, 4) is 0 Å². The van der Waals surface area contributed by atoms with Crippen LogP contribution in [0.2, 0.25) is 5.02 Å². The van der Waals surface area contributed by atoms with E-state index in [0.29, 0.717) is 4.31 Å². The van der Waals surface area contributed by atoms with E-state index in [0.717, 1.165) is 4.31 Å². The Hall–Kier alpha value is -0.870. The summed E-state index contributed by atoms with van der Waals surface area (Å²) in [6.45, 7) is 2.93. The first-order valence-electron chi connectivity index (χ1n) is 7.78. The SMILES string of the molecule is CCN([C@H](c1ccc(Cl)cc1)C(F)(F)F)S(=O)(=O)N1CCO[C@H](C)C1. The Morgan fingerprint density at radius 3 is 2.44 bits per heavy atom. The molecule has 1 aliphatic heterocycles. The molecule has 1 aromatic rings. The van der Waals surface area contributed by atoms with Gasteiger partial charge in [0.25, 0.3) is 10.2 Å². The molecule has 1 saturated heterocycles. The van der Waals surface area contributed by atoms with Gasteiger partial charge >= 0.3 is 6.18 Å². The van der Waals surface area contributed by atoms with Crippen molar-refractivity contribution in [2.45, 2.75) is 32.2 Å². The smallest absolute Gasteiger partial charge is 0.376 e. The van der Waals surface area contributed by atoms with Crippen LogP contribution in [0.25, 0.3) is 0 Å². The summed E-state index contributed by atoms with van der Waals surface area (Å²) in [5.41, 5.74) is -0.177. The number of halogens is 4. The Labute approximate surface area is 150 Å². The van der Waals surface area contributed by atoms with Gasteiger partial charge in [-0.05, 0) is 24.6 Å². The molecule has 0 amide bonds. The molecule has 25 heavy (non-hydrogen) atoms. The molecule has 0 spiro atoms. The lowest BCUT2D eigenvalue weighted by Crippen LogP contribution is -2.53. The van der Waals surface area contributed by atoms with Crippen LogP contribution in [0.5, 0.6) is 0 Å². The first kappa shape index (κ1) is 20.4. The predicted octanol–water partition coefficient (Wildman–Crippen LogP) is 3.23. The van der Waals surface area contributed by atoms with Crippen LogP contribution >= 0.6 is 11.6 Å². The van der Waals surface area contributed by atoms with Crippen molar-refractivity contribution in [1.82, 2.24) is 8.61 Å². The molecule has 0 saturated carbocycles. The number of hydrogen-bond donors (Lipinski definition) is 0. The van der Waals surface area contributed by atoms with E-state index in [2.05, 4.69) is 0 Å². The molecule has 142 valence electrons. The number of benzene rings is 1. The van der Waals surface area contributed by atoms with E-state index in [1.165, 1.54) is 31.2 Å². The third kappa shape index (κ3) is 4.65. The van der Waals surface area contributed by atoms with Gasteiger partial charge < -0.3 is 4.74 Å². The average Bonchev–Trinajstić information content (AvgIpc) is 2.52. The molecule has 2 rings (SSSR count). The van der Waals surface area contributed by atoms with E-state index in [9.17, 15) is 21.6 Å². The van der Waals surface area contributed by atoms with Gasteiger partial charge in [-0.15, -0.1) is 0 Å². The Morgan fingerprint density at radius 2 is 1.96 bits per heavy atom. The van der Waals surface area contributed by atoms with E-state index < -0.39 is 22.4 Å². The minimum Gasteiger partial charge on any atom is -0.376 e. The van der Waals surface area contributed by atoms with Crippen molar-refractivity contribution in [2.24, 2.45) is 0 Å². The zero-order valence-corrected chi connectivity index (χ0v) is 15.4. The van der Waals surface area contributed by atoms with E-state index in [4.69, 9.17) is 16.3 Å². The van der Waals surface area contributed by atoms with Crippen LogP contribution in [-0.2, 0) is 14.9 Å². The Kier molecular flexibility index (Phi) is 6.37. The molecule has 0 bridgehead atoms. The highest BCUT2D eigenvalue weighted by Crippen LogP contribution is 2.40. The molecule has 10 heteroatoms. The van der Waals surface area contributed by atoms with Gasteiger partial charge in [-0.3, -0.25) is 0 Å². The molecule has 0 aromatic heterocycles. The van der Waals surface area contributed by atoms with E-state index in [-0.39, 0.29) is 42.9 Å². The zero-order valence-electron chi connectivity index (χ0n) is 13.8. The van der Waals surface area contributed by atoms with Gasteiger partial charge in [0, 0.05) is 24.7 Å². The zero-order chi connectivity index (χ0) is 18.8. The fraction of sp³-hybridized carbons (Fsp3) is 0.600. The molecule has 0 N–H and O–H groups in total. The lowest BCUT2D eigenvalue weighted by atomic mass is 10.1. The second-order valence-electron chi connectivity index (χ2n) is 5.75. The summed E-state index contributed by atoms with van der Waals surface area (Å²) >= 11 is 5.74. The Bertz CT molecular complexity index is 682. The van der Waals surface area contributed by atoms with Gasteiger partial charge in [0.1, 0.15) is 6.04 Å². The van der Waals surface area contributed by atoms with Crippen molar-refractivity contribution in [1.29, 1.82) is 0 Å². The predicted molar refractivity (Wildman–Crippen MR) is 88.5 cm³/mol. The van der Waals surface area contributed by atoms with Gasteiger partial charge in [-0.2, -0.15) is 30.2 Å². The molecular formula is C15H20ClF3N2O3S. The Morgan fingerprint density at radius 1 is 1.36 bits per heavy atom. The standard InChI is InChI=1S/C15H20ClF3N2O3S/c1-3-21(25(22,23)20-8-9-24-11(2)10-20)14(15(17,18)19)12-4-6-13(16)7-5-12/h4-7,11,14H,3,8-10H2,1-2H3/t11-,14-/m1/s1. The number of nitrogens with zero attached hydrogens (tertiary/aromatic N) is 2. The summed E-state index contributed by atoms with van der Waals surface area (Å²) in [7, 11) is -4.31. The van der Waals surface area contributed by atoms with Crippen molar-refractivity contribution >= 4 is 21.8 Å². The highest BCUT2D eigenvalue weighted by atomic mass is 35.5. The van der Waals surface area contributed by atoms with Crippen molar-refractivity contribution < 1.29 is 26.3 Å². The second kappa shape index (κ2) is 7.79. The van der Waals surface area contributed by atoms with Crippen LogP contribution in [0.3, 0.4) is 0 Å². The lowest BCUT2D eigenvalue weighted by Gasteiger charge is -2.38. The summed E-state index contributed by atoms with van der Waals surface area (Å²) in [5, 5.41) is 0.276. The fourth-order valence-electron chi connectivity index (χ4n) is 2.79.